The molecule has 0 fully saturated rings. The van der Waals surface area contributed by atoms with E-state index in [4.69, 9.17) is 0 Å². The molecule has 2 unspecified atom stereocenters. The van der Waals surface area contributed by atoms with Crippen LogP contribution in [0.5, 0.6) is 0 Å². The first kappa shape index (κ1) is 14.2. The van der Waals surface area contributed by atoms with Gasteiger partial charge in [-0.3, -0.25) is 0 Å². The topological polar surface area (TPSA) is 52.5 Å². The van der Waals surface area contributed by atoms with Gasteiger partial charge >= 0.3 is 0 Å². The van der Waals surface area contributed by atoms with E-state index >= 15 is 0 Å². The minimum absolute atomic E-state index is 0.0396. The van der Waals surface area contributed by atoms with Crippen molar-refractivity contribution in [2.24, 2.45) is 0 Å². The van der Waals surface area contributed by atoms with Gasteiger partial charge in [0, 0.05) is 11.6 Å². The number of aliphatic hydroxyl groups excluding tert-OH is 2. The fourth-order valence-electron chi connectivity index (χ4n) is 1.79. The average molecular weight is 237 g/mol. The quantitative estimate of drug-likeness (QED) is 0.731. The number of aryl methyl sites for hydroxylation is 1. The van der Waals surface area contributed by atoms with Crippen molar-refractivity contribution in [1.82, 2.24) is 5.32 Å². The lowest BCUT2D eigenvalue weighted by molar-refractivity contribution is 0.0991. The Morgan fingerprint density at radius 3 is 2.24 bits per heavy atom. The Morgan fingerprint density at radius 1 is 1.24 bits per heavy atom. The van der Waals surface area contributed by atoms with Crippen LogP contribution in [0.4, 0.5) is 0 Å². The van der Waals surface area contributed by atoms with Crippen molar-refractivity contribution in [3.05, 3.63) is 35.4 Å². The summed E-state index contributed by atoms with van der Waals surface area (Å²) in [7, 11) is 0. The lowest BCUT2D eigenvalue weighted by Gasteiger charge is -2.31. The Morgan fingerprint density at radius 2 is 1.76 bits per heavy atom. The molecule has 0 aromatic heterocycles. The summed E-state index contributed by atoms with van der Waals surface area (Å²) in [6.07, 6.45) is -0.568. The van der Waals surface area contributed by atoms with Crippen LogP contribution in [0.3, 0.4) is 0 Å². The van der Waals surface area contributed by atoms with Crippen LogP contribution in [0.25, 0.3) is 0 Å². The molecule has 0 saturated heterocycles. The van der Waals surface area contributed by atoms with Crippen molar-refractivity contribution >= 4 is 0 Å². The molecule has 0 bridgehead atoms. The van der Waals surface area contributed by atoms with Gasteiger partial charge in [-0.15, -0.1) is 0 Å². The second kappa shape index (κ2) is 5.63. The van der Waals surface area contributed by atoms with Crippen LogP contribution < -0.4 is 5.32 Å². The molecule has 0 aliphatic heterocycles. The third kappa shape index (κ3) is 4.11. The van der Waals surface area contributed by atoms with Crippen LogP contribution in [0.1, 0.15) is 38.0 Å². The molecule has 1 aromatic carbocycles. The lowest BCUT2D eigenvalue weighted by Crippen LogP contribution is -2.49. The Kier molecular flexibility index (Phi) is 4.69. The molecule has 0 aliphatic carbocycles. The van der Waals surface area contributed by atoms with Crippen LogP contribution in [0.2, 0.25) is 0 Å². The van der Waals surface area contributed by atoms with E-state index in [2.05, 4.69) is 5.32 Å². The number of hydrogen-bond donors (Lipinski definition) is 3. The predicted octanol–water partition coefficient (Wildman–Crippen LogP) is 1.78. The van der Waals surface area contributed by atoms with Gasteiger partial charge in [-0.2, -0.15) is 0 Å². The normalized spacial score (nSPS) is 15.6. The second-order valence-corrected chi connectivity index (χ2v) is 5.33. The maximum atomic E-state index is 10.2. The van der Waals surface area contributed by atoms with E-state index in [1.54, 1.807) is 0 Å². The Balaban J connectivity index is 2.69. The van der Waals surface area contributed by atoms with Gasteiger partial charge in [0.05, 0.1) is 12.7 Å². The van der Waals surface area contributed by atoms with Gasteiger partial charge in [0.25, 0.3) is 0 Å². The largest absolute Gasteiger partial charge is 0.394 e. The van der Waals surface area contributed by atoms with Crippen LogP contribution in [-0.4, -0.2) is 28.4 Å². The number of benzene rings is 1. The van der Waals surface area contributed by atoms with E-state index in [1.165, 1.54) is 5.56 Å². The number of hydrogen-bond acceptors (Lipinski definition) is 3. The predicted molar refractivity (Wildman–Crippen MR) is 69.9 cm³/mol. The molecular formula is C14H23NO2. The van der Waals surface area contributed by atoms with E-state index in [9.17, 15) is 10.2 Å². The monoisotopic (exact) mass is 237 g/mol. The van der Waals surface area contributed by atoms with Gasteiger partial charge in [-0.1, -0.05) is 29.8 Å². The molecule has 0 aliphatic rings. The molecule has 3 N–H and O–H groups in total. The summed E-state index contributed by atoms with van der Waals surface area (Å²) >= 11 is 0. The molecule has 0 saturated carbocycles. The molecule has 0 spiro atoms. The minimum atomic E-state index is -0.568. The van der Waals surface area contributed by atoms with Gasteiger partial charge < -0.3 is 15.5 Å². The molecule has 1 aromatic rings. The smallest absolute Gasteiger partial charge is 0.0940 e. The summed E-state index contributed by atoms with van der Waals surface area (Å²) < 4.78 is 0. The fourth-order valence-corrected chi connectivity index (χ4v) is 1.79. The highest BCUT2D eigenvalue weighted by molar-refractivity contribution is 5.24. The maximum Gasteiger partial charge on any atom is 0.0940 e. The zero-order chi connectivity index (χ0) is 13.1. The molecule has 2 atom stereocenters. The summed E-state index contributed by atoms with van der Waals surface area (Å²) in [6, 6.07) is 7.74. The first-order valence-corrected chi connectivity index (χ1v) is 5.99. The molecule has 3 nitrogen and oxygen atoms in total. The molecular weight excluding hydrogens is 214 g/mol. The van der Waals surface area contributed by atoms with E-state index in [0.717, 1.165) is 5.56 Å². The molecule has 17 heavy (non-hydrogen) atoms. The molecule has 0 amide bonds. The minimum Gasteiger partial charge on any atom is -0.394 e. The highest BCUT2D eigenvalue weighted by Crippen LogP contribution is 2.19. The summed E-state index contributed by atoms with van der Waals surface area (Å²) in [6.45, 7) is 7.79. The second-order valence-electron chi connectivity index (χ2n) is 5.33. The number of rotatable bonds is 5. The third-order valence-corrected chi connectivity index (χ3v) is 2.91. The van der Waals surface area contributed by atoms with Gasteiger partial charge in [-0.05, 0) is 33.3 Å². The summed E-state index contributed by atoms with van der Waals surface area (Å²) in [5, 5.41) is 22.6. The third-order valence-electron chi connectivity index (χ3n) is 2.91. The summed E-state index contributed by atoms with van der Waals surface area (Å²) in [5.41, 5.74) is 1.69. The zero-order valence-electron chi connectivity index (χ0n) is 11.1. The van der Waals surface area contributed by atoms with Crippen molar-refractivity contribution in [2.75, 3.05) is 6.61 Å². The number of nitrogens with one attached hydrogen (secondary N) is 1. The number of aliphatic hydroxyl groups is 2. The van der Waals surface area contributed by atoms with Crippen LogP contribution in [-0.2, 0) is 0 Å². The zero-order valence-corrected chi connectivity index (χ0v) is 11.1. The molecule has 1 rings (SSSR count). The van der Waals surface area contributed by atoms with Crippen molar-refractivity contribution in [1.29, 1.82) is 0 Å². The van der Waals surface area contributed by atoms with Gasteiger partial charge in [0.1, 0.15) is 0 Å². The van der Waals surface area contributed by atoms with Crippen molar-refractivity contribution < 1.29 is 10.2 Å². The van der Waals surface area contributed by atoms with Crippen molar-refractivity contribution in [3.63, 3.8) is 0 Å². The van der Waals surface area contributed by atoms with Gasteiger partial charge in [0.2, 0.25) is 0 Å². The molecule has 0 radical (unpaired) electrons. The van der Waals surface area contributed by atoms with E-state index in [1.807, 2.05) is 52.0 Å². The highest BCUT2D eigenvalue weighted by atomic mass is 16.3. The van der Waals surface area contributed by atoms with E-state index < -0.39 is 6.10 Å². The van der Waals surface area contributed by atoms with Crippen molar-refractivity contribution in [3.8, 4) is 0 Å². The maximum absolute atomic E-state index is 10.2. The SMILES string of the molecule is Cc1ccc(C(O)C(C)NC(C)(C)CO)cc1. The summed E-state index contributed by atoms with van der Waals surface area (Å²) in [5.74, 6) is 0. The molecule has 0 heterocycles. The van der Waals surface area contributed by atoms with Crippen molar-refractivity contribution in [2.45, 2.75) is 45.4 Å². The Bertz CT molecular complexity index is 346. The Labute approximate surface area is 103 Å². The summed E-state index contributed by atoms with van der Waals surface area (Å²) in [4.78, 5) is 0. The first-order chi connectivity index (χ1) is 7.85. The Hall–Kier alpha value is -0.900. The van der Waals surface area contributed by atoms with Crippen LogP contribution >= 0.6 is 0 Å². The lowest BCUT2D eigenvalue weighted by atomic mass is 9.99. The fraction of sp³-hybridized carbons (Fsp3) is 0.571. The standard InChI is InChI=1S/C14H23NO2/c1-10-5-7-12(8-6-10)13(17)11(2)15-14(3,4)9-16/h5-8,11,13,15-17H,9H2,1-4H3. The molecule has 3 heteroatoms. The van der Waals surface area contributed by atoms with E-state index in [0.29, 0.717) is 0 Å². The van der Waals surface area contributed by atoms with Gasteiger partial charge in [0.15, 0.2) is 0 Å². The van der Waals surface area contributed by atoms with Crippen LogP contribution in [0.15, 0.2) is 24.3 Å². The highest BCUT2D eigenvalue weighted by Gasteiger charge is 2.23. The molecule has 96 valence electrons. The van der Waals surface area contributed by atoms with E-state index in [-0.39, 0.29) is 18.2 Å². The first-order valence-electron chi connectivity index (χ1n) is 5.99. The van der Waals surface area contributed by atoms with Gasteiger partial charge in [-0.25, -0.2) is 0 Å². The average Bonchev–Trinajstić information content (AvgIpc) is 2.28. The van der Waals surface area contributed by atoms with Crippen LogP contribution in [0, 0.1) is 6.92 Å².